The fraction of sp³-hybridized carbons (Fsp3) is 0.562. The average Bonchev–Trinajstić information content (AvgIpc) is 2.44. The highest BCUT2D eigenvalue weighted by atomic mass is 16.1. The Labute approximate surface area is 114 Å². The standard InChI is InChI=1S/C11H15NO.2C2H6.CH4/c1-2-11(13)8-9-12-10-6-4-3-5-7-10;2*1-2;/h3-7,12H,2,8-9H2,1H3;2*1-2H3;1H4. The highest BCUT2D eigenvalue weighted by Crippen LogP contribution is 2.04. The third-order valence-corrected chi connectivity index (χ3v) is 1.90. The molecule has 0 fully saturated rings. The monoisotopic (exact) mass is 253 g/mol. The molecule has 0 saturated heterocycles. The molecule has 1 aromatic carbocycles. The van der Waals surface area contributed by atoms with Crippen molar-refractivity contribution in [3.8, 4) is 0 Å². The summed E-state index contributed by atoms with van der Waals surface area (Å²) in [5.74, 6) is 0.309. The lowest BCUT2D eigenvalue weighted by Crippen LogP contribution is -2.07. The van der Waals surface area contributed by atoms with Crippen LogP contribution in [0.3, 0.4) is 0 Å². The Morgan fingerprint density at radius 2 is 1.56 bits per heavy atom. The number of benzene rings is 1. The van der Waals surface area contributed by atoms with Gasteiger partial charge in [0, 0.05) is 25.1 Å². The van der Waals surface area contributed by atoms with Gasteiger partial charge in [-0.1, -0.05) is 60.2 Å². The number of hydrogen-bond donors (Lipinski definition) is 1. The summed E-state index contributed by atoms with van der Waals surface area (Å²) in [6, 6.07) is 9.92. The summed E-state index contributed by atoms with van der Waals surface area (Å²) in [5.41, 5.74) is 1.08. The second-order valence-corrected chi connectivity index (χ2v) is 2.94. The molecule has 0 aliphatic heterocycles. The third kappa shape index (κ3) is 12.8. The predicted octanol–water partition coefficient (Wildman–Crippen LogP) is 5.16. The van der Waals surface area contributed by atoms with Crippen LogP contribution in [-0.4, -0.2) is 12.3 Å². The molecule has 0 aliphatic rings. The van der Waals surface area contributed by atoms with Crippen molar-refractivity contribution in [2.45, 2.75) is 54.9 Å². The maximum Gasteiger partial charge on any atom is 0.134 e. The molecule has 0 heterocycles. The van der Waals surface area contributed by atoms with Gasteiger partial charge in [0.1, 0.15) is 5.78 Å². The van der Waals surface area contributed by atoms with Gasteiger partial charge in [-0.05, 0) is 12.1 Å². The number of carbonyl (C=O) groups excluding carboxylic acids is 1. The van der Waals surface area contributed by atoms with Crippen molar-refractivity contribution >= 4 is 11.5 Å². The van der Waals surface area contributed by atoms with Gasteiger partial charge in [0.2, 0.25) is 0 Å². The third-order valence-electron chi connectivity index (χ3n) is 1.90. The first-order valence-corrected chi connectivity index (χ1v) is 6.63. The summed E-state index contributed by atoms with van der Waals surface area (Å²) in [4.78, 5) is 11.0. The highest BCUT2D eigenvalue weighted by molar-refractivity contribution is 5.78. The van der Waals surface area contributed by atoms with E-state index in [2.05, 4.69) is 5.32 Å². The van der Waals surface area contributed by atoms with Crippen LogP contribution in [-0.2, 0) is 4.79 Å². The molecule has 0 radical (unpaired) electrons. The SMILES string of the molecule is C.CC.CC.CCC(=O)CCNc1ccccc1. The van der Waals surface area contributed by atoms with Crippen molar-refractivity contribution in [1.82, 2.24) is 0 Å². The van der Waals surface area contributed by atoms with E-state index >= 15 is 0 Å². The molecule has 1 aromatic rings. The van der Waals surface area contributed by atoms with E-state index in [0.717, 1.165) is 12.2 Å². The minimum atomic E-state index is 0. The van der Waals surface area contributed by atoms with Gasteiger partial charge < -0.3 is 5.32 Å². The van der Waals surface area contributed by atoms with E-state index in [0.29, 0.717) is 18.6 Å². The zero-order valence-electron chi connectivity index (χ0n) is 11.9. The predicted molar refractivity (Wildman–Crippen MR) is 84.3 cm³/mol. The van der Waals surface area contributed by atoms with Crippen LogP contribution in [0.4, 0.5) is 5.69 Å². The van der Waals surface area contributed by atoms with E-state index in [1.54, 1.807) is 0 Å². The van der Waals surface area contributed by atoms with Gasteiger partial charge in [0.05, 0.1) is 0 Å². The van der Waals surface area contributed by atoms with Gasteiger partial charge >= 0.3 is 0 Å². The van der Waals surface area contributed by atoms with E-state index in [1.165, 1.54) is 0 Å². The Bertz CT molecular complexity index is 257. The zero-order chi connectivity index (χ0) is 13.5. The molecule has 1 rings (SSSR count). The molecule has 106 valence electrons. The number of ketones is 1. The van der Waals surface area contributed by atoms with Gasteiger partial charge in [-0.15, -0.1) is 0 Å². The topological polar surface area (TPSA) is 29.1 Å². The number of rotatable bonds is 5. The molecule has 0 aromatic heterocycles. The summed E-state index contributed by atoms with van der Waals surface area (Å²) in [5, 5.41) is 3.19. The smallest absolute Gasteiger partial charge is 0.134 e. The molecular weight excluding hydrogens is 222 g/mol. The molecule has 0 saturated carbocycles. The molecule has 0 bridgehead atoms. The van der Waals surface area contributed by atoms with Crippen molar-refractivity contribution in [1.29, 1.82) is 0 Å². The van der Waals surface area contributed by atoms with E-state index in [1.807, 2.05) is 65.0 Å². The second-order valence-electron chi connectivity index (χ2n) is 2.94. The minimum Gasteiger partial charge on any atom is -0.385 e. The molecule has 0 aliphatic carbocycles. The van der Waals surface area contributed by atoms with Gasteiger partial charge in [0.25, 0.3) is 0 Å². The minimum absolute atomic E-state index is 0. The van der Waals surface area contributed by atoms with Gasteiger partial charge in [-0.25, -0.2) is 0 Å². The lowest BCUT2D eigenvalue weighted by molar-refractivity contribution is -0.118. The molecule has 18 heavy (non-hydrogen) atoms. The fourth-order valence-corrected chi connectivity index (χ4v) is 1.08. The number of Topliss-reactive ketones (excluding diaryl/α,β-unsaturated/α-hetero) is 1. The number of nitrogens with one attached hydrogen (secondary N) is 1. The second kappa shape index (κ2) is 18.1. The van der Waals surface area contributed by atoms with Crippen molar-refractivity contribution < 1.29 is 4.79 Å². The van der Waals surface area contributed by atoms with Crippen LogP contribution in [0.2, 0.25) is 0 Å². The quantitative estimate of drug-likeness (QED) is 0.785. The molecule has 0 unspecified atom stereocenters. The van der Waals surface area contributed by atoms with Crippen LogP contribution in [0.5, 0.6) is 0 Å². The number of carbonyl (C=O) groups is 1. The summed E-state index contributed by atoms with van der Waals surface area (Å²) in [6.07, 6.45) is 1.25. The van der Waals surface area contributed by atoms with Gasteiger partial charge in [-0.2, -0.15) is 0 Å². The van der Waals surface area contributed by atoms with E-state index < -0.39 is 0 Å². The summed E-state index contributed by atoms with van der Waals surface area (Å²) < 4.78 is 0. The average molecular weight is 253 g/mol. The maximum atomic E-state index is 11.0. The Morgan fingerprint density at radius 3 is 2.00 bits per heavy atom. The fourth-order valence-electron chi connectivity index (χ4n) is 1.08. The van der Waals surface area contributed by atoms with Crippen molar-refractivity contribution in [2.24, 2.45) is 0 Å². The lowest BCUT2D eigenvalue weighted by Gasteiger charge is -2.03. The first-order chi connectivity index (χ1) is 8.33. The summed E-state index contributed by atoms with van der Waals surface area (Å²) in [6.45, 7) is 10.6. The first kappa shape index (κ1) is 21.9. The van der Waals surface area contributed by atoms with Crippen molar-refractivity contribution in [3.05, 3.63) is 30.3 Å². The number of hydrogen-bond acceptors (Lipinski definition) is 2. The summed E-state index contributed by atoms with van der Waals surface area (Å²) in [7, 11) is 0. The summed E-state index contributed by atoms with van der Waals surface area (Å²) >= 11 is 0. The van der Waals surface area contributed by atoms with Crippen molar-refractivity contribution in [2.75, 3.05) is 11.9 Å². The van der Waals surface area contributed by atoms with Crippen LogP contribution in [0.25, 0.3) is 0 Å². The molecule has 0 amide bonds. The molecule has 2 nitrogen and oxygen atoms in total. The van der Waals surface area contributed by atoms with Crippen LogP contribution in [0.1, 0.15) is 54.9 Å². The number of para-hydroxylation sites is 1. The Kier molecular flexibility index (Phi) is 22.0. The Hall–Kier alpha value is -1.31. The van der Waals surface area contributed by atoms with Crippen LogP contribution in [0.15, 0.2) is 30.3 Å². The maximum absolute atomic E-state index is 11.0. The van der Waals surface area contributed by atoms with Crippen molar-refractivity contribution in [3.63, 3.8) is 0 Å². The first-order valence-electron chi connectivity index (χ1n) is 6.63. The molecule has 0 atom stereocenters. The highest BCUT2D eigenvalue weighted by Gasteiger charge is 1.96. The van der Waals surface area contributed by atoms with E-state index in [-0.39, 0.29) is 7.43 Å². The molecular formula is C16H31NO. The van der Waals surface area contributed by atoms with E-state index in [9.17, 15) is 4.79 Å². The zero-order valence-corrected chi connectivity index (χ0v) is 11.9. The molecule has 2 heteroatoms. The molecule has 1 N–H and O–H groups in total. The van der Waals surface area contributed by atoms with Gasteiger partial charge in [-0.3, -0.25) is 4.79 Å². The Morgan fingerprint density at radius 1 is 1.06 bits per heavy atom. The van der Waals surface area contributed by atoms with Crippen LogP contribution < -0.4 is 5.32 Å². The van der Waals surface area contributed by atoms with E-state index in [4.69, 9.17) is 0 Å². The lowest BCUT2D eigenvalue weighted by atomic mass is 10.2. The number of anilines is 1. The largest absolute Gasteiger partial charge is 0.385 e. The molecule has 0 spiro atoms. The van der Waals surface area contributed by atoms with Crippen LogP contribution >= 0.6 is 0 Å². The van der Waals surface area contributed by atoms with Crippen LogP contribution in [0, 0.1) is 0 Å². The normalized spacial score (nSPS) is 7.61. The Balaban J connectivity index is -0.000000409. The van der Waals surface area contributed by atoms with Gasteiger partial charge in [0.15, 0.2) is 0 Å².